The predicted octanol–water partition coefficient (Wildman–Crippen LogP) is 1.21. The van der Waals surface area contributed by atoms with Crippen molar-refractivity contribution in [1.82, 2.24) is 19.9 Å². The molecule has 0 N–H and O–H groups in total. The SMILES string of the molecule is O=COCCN1CCN(Cc2noc(-c3cccc(Cl)c3)n2)CC1=O. The fourth-order valence-electron chi connectivity index (χ4n) is 2.60. The summed E-state index contributed by atoms with van der Waals surface area (Å²) in [6.07, 6.45) is 0. The van der Waals surface area contributed by atoms with Crippen molar-refractivity contribution < 1.29 is 18.8 Å². The van der Waals surface area contributed by atoms with E-state index >= 15 is 0 Å². The standard InChI is InChI=1S/C16H17ClN4O4/c17-13-3-1-2-12(8-13)16-18-14(19-25-16)9-20-4-5-21(15(23)10-20)6-7-24-11-22/h1-3,8,11H,4-7,9-10H2. The Morgan fingerprint density at radius 2 is 2.24 bits per heavy atom. The van der Waals surface area contributed by atoms with Gasteiger partial charge in [-0.3, -0.25) is 14.5 Å². The molecule has 2 heterocycles. The molecule has 132 valence electrons. The van der Waals surface area contributed by atoms with Crippen LogP contribution in [0.25, 0.3) is 11.5 Å². The number of piperazine rings is 1. The third-order valence-electron chi connectivity index (χ3n) is 3.85. The second-order valence-electron chi connectivity index (χ2n) is 5.58. The van der Waals surface area contributed by atoms with E-state index in [0.29, 0.717) is 49.4 Å². The highest BCUT2D eigenvalue weighted by molar-refractivity contribution is 6.30. The minimum atomic E-state index is -0.0145. The van der Waals surface area contributed by atoms with E-state index in [9.17, 15) is 9.59 Å². The van der Waals surface area contributed by atoms with E-state index < -0.39 is 0 Å². The monoisotopic (exact) mass is 364 g/mol. The predicted molar refractivity (Wildman–Crippen MR) is 88.6 cm³/mol. The van der Waals surface area contributed by atoms with Gasteiger partial charge in [0, 0.05) is 23.7 Å². The Morgan fingerprint density at radius 1 is 1.36 bits per heavy atom. The van der Waals surface area contributed by atoms with E-state index in [-0.39, 0.29) is 19.1 Å². The van der Waals surface area contributed by atoms with E-state index in [1.165, 1.54) is 0 Å². The largest absolute Gasteiger partial charge is 0.466 e. The number of amides is 1. The molecule has 1 aliphatic rings. The van der Waals surface area contributed by atoms with Gasteiger partial charge < -0.3 is 14.2 Å². The highest BCUT2D eigenvalue weighted by Gasteiger charge is 2.25. The molecule has 0 aliphatic carbocycles. The minimum Gasteiger partial charge on any atom is -0.466 e. The molecule has 0 bridgehead atoms. The highest BCUT2D eigenvalue weighted by Crippen LogP contribution is 2.21. The lowest BCUT2D eigenvalue weighted by Crippen LogP contribution is -2.50. The summed E-state index contributed by atoms with van der Waals surface area (Å²) in [5.74, 6) is 0.897. The van der Waals surface area contributed by atoms with Gasteiger partial charge in [0.25, 0.3) is 12.4 Å². The Balaban J connectivity index is 1.55. The van der Waals surface area contributed by atoms with Crippen molar-refractivity contribution in [3.8, 4) is 11.5 Å². The van der Waals surface area contributed by atoms with Crippen LogP contribution < -0.4 is 0 Å². The average Bonchev–Trinajstić information content (AvgIpc) is 3.05. The van der Waals surface area contributed by atoms with Crippen molar-refractivity contribution in [2.75, 3.05) is 32.8 Å². The zero-order chi connectivity index (χ0) is 17.6. The zero-order valence-electron chi connectivity index (χ0n) is 13.4. The molecule has 1 aromatic heterocycles. The van der Waals surface area contributed by atoms with Crippen molar-refractivity contribution in [1.29, 1.82) is 0 Å². The van der Waals surface area contributed by atoms with Crippen molar-refractivity contribution in [3.05, 3.63) is 35.1 Å². The first-order chi connectivity index (χ1) is 12.2. The van der Waals surface area contributed by atoms with Gasteiger partial charge in [0.1, 0.15) is 6.61 Å². The van der Waals surface area contributed by atoms with Gasteiger partial charge in [0.2, 0.25) is 5.91 Å². The van der Waals surface area contributed by atoms with Gasteiger partial charge in [0.15, 0.2) is 5.82 Å². The summed E-state index contributed by atoms with van der Waals surface area (Å²) in [5, 5.41) is 4.56. The number of nitrogens with zero attached hydrogens (tertiary/aromatic N) is 4. The van der Waals surface area contributed by atoms with Gasteiger partial charge in [-0.25, -0.2) is 0 Å². The molecule has 2 aromatic rings. The maximum absolute atomic E-state index is 12.1. The Morgan fingerprint density at radius 3 is 3.00 bits per heavy atom. The lowest BCUT2D eigenvalue weighted by atomic mass is 10.2. The van der Waals surface area contributed by atoms with Gasteiger partial charge in [-0.1, -0.05) is 22.8 Å². The van der Waals surface area contributed by atoms with E-state index in [1.54, 1.807) is 17.0 Å². The van der Waals surface area contributed by atoms with Crippen molar-refractivity contribution in [2.24, 2.45) is 0 Å². The molecule has 1 saturated heterocycles. The summed E-state index contributed by atoms with van der Waals surface area (Å²) in [7, 11) is 0. The van der Waals surface area contributed by atoms with Crippen LogP contribution in [-0.4, -0.2) is 65.1 Å². The first-order valence-corrected chi connectivity index (χ1v) is 8.17. The van der Waals surface area contributed by atoms with Crippen LogP contribution in [0, 0.1) is 0 Å². The minimum absolute atomic E-state index is 0.0145. The maximum Gasteiger partial charge on any atom is 0.293 e. The summed E-state index contributed by atoms with van der Waals surface area (Å²) in [6, 6.07) is 7.18. The van der Waals surface area contributed by atoms with Gasteiger partial charge in [0.05, 0.1) is 19.6 Å². The molecule has 1 aromatic carbocycles. The lowest BCUT2D eigenvalue weighted by molar-refractivity contribution is -0.139. The Bertz CT molecular complexity index is 751. The molecule has 0 spiro atoms. The number of ether oxygens (including phenoxy) is 1. The quantitative estimate of drug-likeness (QED) is 0.538. The van der Waals surface area contributed by atoms with E-state index in [4.69, 9.17) is 16.1 Å². The molecule has 0 saturated carbocycles. The van der Waals surface area contributed by atoms with Crippen molar-refractivity contribution >= 4 is 24.0 Å². The number of carbonyl (C=O) groups is 2. The van der Waals surface area contributed by atoms with Crippen LogP contribution in [0.4, 0.5) is 0 Å². The molecule has 1 fully saturated rings. The molecule has 25 heavy (non-hydrogen) atoms. The van der Waals surface area contributed by atoms with Crippen LogP contribution in [0.3, 0.4) is 0 Å². The first-order valence-electron chi connectivity index (χ1n) is 7.79. The number of hydrogen-bond donors (Lipinski definition) is 0. The fourth-order valence-corrected chi connectivity index (χ4v) is 2.79. The van der Waals surface area contributed by atoms with Crippen molar-refractivity contribution in [3.63, 3.8) is 0 Å². The third-order valence-corrected chi connectivity index (χ3v) is 4.08. The van der Waals surface area contributed by atoms with Gasteiger partial charge >= 0.3 is 0 Å². The number of hydrogen-bond acceptors (Lipinski definition) is 7. The fraction of sp³-hybridized carbons (Fsp3) is 0.375. The molecule has 9 heteroatoms. The summed E-state index contributed by atoms with van der Waals surface area (Å²) < 4.78 is 9.90. The third kappa shape index (κ3) is 4.55. The molecule has 0 radical (unpaired) electrons. The molecule has 3 rings (SSSR count). The zero-order valence-corrected chi connectivity index (χ0v) is 14.2. The van der Waals surface area contributed by atoms with E-state index in [0.717, 1.165) is 5.56 Å². The topological polar surface area (TPSA) is 88.8 Å². The van der Waals surface area contributed by atoms with Crippen LogP contribution in [0.2, 0.25) is 5.02 Å². The normalized spacial score (nSPS) is 15.4. The van der Waals surface area contributed by atoms with Crippen LogP contribution in [0.1, 0.15) is 5.82 Å². The Hall–Kier alpha value is -2.45. The molecule has 0 atom stereocenters. The van der Waals surface area contributed by atoms with E-state index in [2.05, 4.69) is 14.9 Å². The Labute approximate surface area is 149 Å². The number of aromatic nitrogens is 2. The van der Waals surface area contributed by atoms with Crippen LogP contribution in [-0.2, 0) is 20.9 Å². The summed E-state index contributed by atoms with van der Waals surface area (Å²) >= 11 is 5.96. The van der Waals surface area contributed by atoms with Crippen LogP contribution in [0.15, 0.2) is 28.8 Å². The number of rotatable bonds is 7. The van der Waals surface area contributed by atoms with Crippen LogP contribution in [0.5, 0.6) is 0 Å². The lowest BCUT2D eigenvalue weighted by Gasteiger charge is -2.33. The van der Waals surface area contributed by atoms with Gasteiger partial charge in [-0.05, 0) is 18.2 Å². The van der Waals surface area contributed by atoms with Gasteiger partial charge in [-0.2, -0.15) is 4.98 Å². The number of benzene rings is 1. The smallest absolute Gasteiger partial charge is 0.293 e. The number of carbonyl (C=O) groups excluding carboxylic acids is 2. The molecule has 8 nitrogen and oxygen atoms in total. The first kappa shape index (κ1) is 17.4. The Kier molecular flexibility index (Phi) is 5.62. The second-order valence-corrected chi connectivity index (χ2v) is 6.02. The summed E-state index contributed by atoms with van der Waals surface area (Å²) in [4.78, 5) is 30.2. The summed E-state index contributed by atoms with van der Waals surface area (Å²) in [5.41, 5.74) is 0.752. The number of halogens is 1. The maximum atomic E-state index is 12.1. The van der Waals surface area contributed by atoms with Crippen LogP contribution >= 0.6 is 11.6 Å². The summed E-state index contributed by atoms with van der Waals surface area (Å²) in [6.45, 7) is 2.95. The second kappa shape index (κ2) is 8.09. The van der Waals surface area contributed by atoms with Gasteiger partial charge in [-0.15, -0.1) is 0 Å². The molecule has 1 amide bonds. The molecule has 1 aliphatic heterocycles. The molecular weight excluding hydrogens is 348 g/mol. The van der Waals surface area contributed by atoms with Crippen molar-refractivity contribution in [2.45, 2.75) is 6.54 Å². The van der Waals surface area contributed by atoms with E-state index in [1.807, 2.05) is 17.0 Å². The molecular formula is C16H17ClN4O4. The highest BCUT2D eigenvalue weighted by atomic mass is 35.5. The average molecular weight is 365 g/mol. The molecule has 0 unspecified atom stereocenters.